The molecule has 1 N–H and O–H groups in total. The minimum absolute atomic E-state index is 0.574. The largest absolute Gasteiger partial charge is 0.477 e. The van der Waals surface area contributed by atoms with Gasteiger partial charge in [0.05, 0.1) is 17.8 Å². The fourth-order valence-electron chi connectivity index (χ4n) is 1.50. The molecule has 96 valence electrons. The van der Waals surface area contributed by atoms with E-state index in [1.54, 1.807) is 24.6 Å². The van der Waals surface area contributed by atoms with Crippen molar-refractivity contribution in [2.75, 3.05) is 19.0 Å². The van der Waals surface area contributed by atoms with E-state index in [4.69, 9.17) is 4.74 Å². The molecular weight excluding hydrogens is 248 g/mol. The Labute approximate surface area is 110 Å². The predicted molar refractivity (Wildman–Crippen MR) is 72.4 cm³/mol. The molecule has 2 rings (SSSR count). The second-order valence-electron chi connectivity index (χ2n) is 3.89. The SMILES string of the molecule is CNc1ncc(C)c(OCCc2scnc2C)n1. The topological polar surface area (TPSA) is 59.9 Å². The van der Waals surface area contributed by atoms with Crippen molar-refractivity contribution in [1.82, 2.24) is 15.0 Å². The van der Waals surface area contributed by atoms with Gasteiger partial charge in [-0.2, -0.15) is 4.98 Å². The summed E-state index contributed by atoms with van der Waals surface area (Å²) in [4.78, 5) is 13.9. The van der Waals surface area contributed by atoms with Crippen LogP contribution in [-0.2, 0) is 6.42 Å². The van der Waals surface area contributed by atoms with E-state index in [-0.39, 0.29) is 0 Å². The highest BCUT2D eigenvalue weighted by molar-refractivity contribution is 7.09. The van der Waals surface area contributed by atoms with Crippen LogP contribution in [0.5, 0.6) is 5.88 Å². The van der Waals surface area contributed by atoms with Gasteiger partial charge in [-0.3, -0.25) is 0 Å². The maximum absolute atomic E-state index is 5.70. The van der Waals surface area contributed by atoms with Crippen molar-refractivity contribution >= 4 is 17.3 Å². The molecule has 0 aliphatic rings. The second-order valence-corrected chi connectivity index (χ2v) is 4.83. The predicted octanol–water partition coefficient (Wildman–Crippen LogP) is 2.21. The molecule has 0 radical (unpaired) electrons. The molecule has 2 aromatic rings. The number of hydrogen-bond donors (Lipinski definition) is 1. The van der Waals surface area contributed by atoms with E-state index in [1.165, 1.54) is 4.88 Å². The van der Waals surface area contributed by atoms with Crippen LogP contribution >= 0.6 is 11.3 Å². The summed E-state index contributed by atoms with van der Waals surface area (Å²) in [6.45, 7) is 4.55. The third-order valence-corrected chi connectivity index (χ3v) is 3.56. The van der Waals surface area contributed by atoms with Gasteiger partial charge in [-0.1, -0.05) is 0 Å². The summed E-state index contributed by atoms with van der Waals surface area (Å²) >= 11 is 1.66. The first-order valence-electron chi connectivity index (χ1n) is 5.74. The number of thiazole rings is 1. The summed E-state index contributed by atoms with van der Waals surface area (Å²) in [7, 11) is 1.79. The van der Waals surface area contributed by atoms with Gasteiger partial charge in [-0.15, -0.1) is 11.3 Å². The average Bonchev–Trinajstić information content (AvgIpc) is 2.77. The summed E-state index contributed by atoms with van der Waals surface area (Å²) in [5.74, 6) is 1.21. The fourth-order valence-corrected chi connectivity index (χ4v) is 2.26. The number of hydrogen-bond acceptors (Lipinski definition) is 6. The lowest BCUT2D eigenvalue weighted by molar-refractivity contribution is 0.307. The number of nitrogens with one attached hydrogen (secondary N) is 1. The molecule has 0 atom stereocenters. The molecule has 0 spiro atoms. The van der Waals surface area contributed by atoms with Crippen LogP contribution in [0.2, 0.25) is 0 Å². The highest BCUT2D eigenvalue weighted by atomic mass is 32.1. The highest BCUT2D eigenvalue weighted by Crippen LogP contribution is 2.17. The molecule has 0 bridgehead atoms. The molecule has 0 amide bonds. The van der Waals surface area contributed by atoms with Crippen LogP contribution in [0.3, 0.4) is 0 Å². The highest BCUT2D eigenvalue weighted by Gasteiger charge is 2.06. The summed E-state index contributed by atoms with van der Waals surface area (Å²) < 4.78 is 5.70. The van der Waals surface area contributed by atoms with E-state index in [0.717, 1.165) is 17.7 Å². The van der Waals surface area contributed by atoms with Gasteiger partial charge in [-0.05, 0) is 13.8 Å². The number of nitrogens with zero attached hydrogens (tertiary/aromatic N) is 3. The zero-order valence-corrected chi connectivity index (χ0v) is 11.5. The lowest BCUT2D eigenvalue weighted by Crippen LogP contribution is -2.06. The Morgan fingerprint density at radius 2 is 2.17 bits per heavy atom. The summed E-state index contributed by atoms with van der Waals surface area (Å²) in [5, 5.41) is 2.90. The Morgan fingerprint density at radius 1 is 1.33 bits per heavy atom. The van der Waals surface area contributed by atoms with Crippen LogP contribution in [0, 0.1) is 13.8 Å². The van der Waals surface area contributed by atoms with Crippen LogP contribution in [-0.4, -0.2) is 28.6 Å². The van der Waals surface area contributed by atoms with E-state index in [1.807, 2.05) is 19.4 Å². The van der Waals surface area contributed by atoms with E-state index in [9.17, 15) is 0 Å². The van der Waals surface area contributed by atoms with Gasteiger partial charge in [0.1, 0.15) is 0 Å². The van der Waals surface area contributed by atoms with Gasteiger partial charge in [0, 0.05) is 30.1 Å². The van der Waals surface area contributed by atoms with Gasteiger partial charge in [0.2, 0.25) is 11.8 Å². The summed E-state index contributed by atoms with van der Waals surface area (Å²) in [6, 6.07) is 0. The quantitative estimate of drug-likeness (QED) is 0.897. The van der Waals surface area contributed by atoms with Crippen LogP contribution < -0.4 is 10.1 Å². The molecule has 18 heavy (non-hydrogen) atoms. The Balaban J connectivity index is 1.96. The van der Waals surface area contributed by atoms with Crippen molar-refractivity contribution in [2.24, 2.45) is 0 Å². The van der Waals surface area contributed by atoms with E-state index >= 15 is 0 Å². The Kier molecular flexibility index (Phi) is 4.09. The van der Waals surface area contributed by atoms with Crippen molar-refractivity contribution in [3.8, 4) is 5.88 Å². The van der Waals surface area contributed by atoms with Crippen LogP contribution in [0.1, 0.15) is 16.1 Å². The lowest BCUT2D eigenvalue weighted by atomic mass is 10.3. The van der Waals surface area contributed by atoms with E-state index < -0.39 is 0 Å². The first-order valence-corrected chi connectivity index (χ1v) is 6.62. The first kappa shape index (κ1) is 12.8. The fraction of sp³-hybridized carbons (Fsp3) is 0.417. The van der Waals surface area contributed by atoms with Crippen molar-refractivity contribution in [1.29, 1.82) is 0 Å². The first-order chi connectivity index (χ1) is 8.70. The van der Waals surface area contributed by atoms with E-state index in [2.05, 4.69) is 20.3 Å². The number of ether oxygens (including phenoxy) is 1. The van der Waals surface area contributed by atoms with Crippen molar-refractivity contribution < 1.29 is 4.74 Å². The molecule has 2 heterocycles. The zero-order valence-electron chi connectivity index (χ0n) is 10.7. The zero-order chi connectivity index (χ0) is 13.0. The summed E-state index contributed by atoms with van der Waals surface area (Å²) in [6.07, 6.45) is 2.61. The van der Waals surface area contributed by atoms with Crippen molar-refractivity contribution in [3.63, 3.8) is 0 Å². The molecule has 5 nitrogen and oxygen atoms in total. The molecule has 0 unspecified atom stereocenters. The number of aromatic nitrogens is 3. The van der Waals surface area contributed by atoms with Crippen LogP contribution in [0.25, 0.3) is 0 Å². The monoisotopic (exact) mass is 264 g/mol. The molecule has 0 saturated carbocycles. The smallest absolute Gasteiger partial charge is 0.225 e. The van der Waals surface area contributed by atoms with Crippen molar-refractivity contribution in [2.45, 2.75) is 20.3 Å². The van der Waals surface area contributed by atoms with Gasteiger partial charge in [0.15, 0.2) is 0 Å². The maximum atomic E-state index is 5.70. The van der Waals surface area contributed by atoms with Gasteiger partial charge >= 0.3 is 0 Å². The molecule has 0 aliphatic heterocycles. The minimum Gasteiger partial charge on any atom is -0.477 e. The number of anilines is 1. The standard InChI is InChI=1S/C12H16N4OS/c1-8-6-14-12(13-3)16-11(8)17-5-4-10-9(2)15-7-18-10/h6-7H,4-5H2,1-3H3,(H,13,14,16). The third-order valence-electron chi connectivity index (χ3n) is 2.56. The second kappa shape index (κ2) is 5.77. The molecule has 6 heteroatoms. The van der Waals surface area contributed by atoms with Crippen LogP contribution in [0.4, 0.5) is 5.95 Å². The molecular formula is C12H16N4OS. The Morgan fingerprint density at radius 3 is 2.83 bits per heavy atom. The molecule has 0 aliphatic carbocycles. The van der Waals surface area contributed by atoms with Crippen molar-refractivity contribution in [3.05, 3.63) is 27.8 Å². The van der Waals surface area contributed by atoms with Gasteiger partial charge in [-0.25, -0.2) is 9.97 Å². The number of rotatable bonds is 5. The minimum atomic E-state index is 0.574. The maximum Gasteiger partial charge on any atom is 0.225 e. The van der Waals surface area contributed by atoms with Crippen LogP contribution in [0.15, 0.2) is 11.7 Å². The van der Waals surface area contributed by atoms with E-state index in [0.29, 0.717) is 18.4 Å². The average molecular weight is 264 g/mol. The normalized spacial score (nSPS) is 10.4. The molecule has 0 fully saturated rings. The lowest BCUT2D eigenvalue weighted by Gasteiger charge is -2.08. The number of aryl methyl sites for hydroxylation is 2. The summed E-state index contributed by atoms with van der Waals surface area (Å²) in [5.41, 5.74) is 3.88. The van der Waals surface area contributed by atoms with Gasteiger partial charge < -0.3 is 10.1 Å². The molecule has 2 aromatic heterocycles. The molecule has 0 aromatic carbocycles. The third kappa shape index (κ3) is 2.95. The Bertz CT molecular complexity index is 527. The van der Waals surface area contributed by atoms with Gasteiger partial charge in [0.25, 0.3) is 0 Å². The Hall–Kier alpha value is -1.69. The molecule has 0 saturated heterocycles.